The fourth-order valence-electron chi connectivity index (χ4n) is 2.17. The van der Waals surface area contributed by atoms with Crippen LogP contribution in [0.2, 0.25) is 0 Å². The monoisotopic (exact) mass is 271 g/mol. The minimum Gasteiger partial charge on any atom is -0.309 e. The fourth-order valence-corrected chi connectivity index (χ4v) is 2.17. The highest BCUT2D eigenvalue weighted by molar-refractivity contribution is 5.91. The van der Waals surface area contributed by atoms with E-state index in [9.17, 15) is 4.79 Å². The fraction of sp³-hybridized carbons (Fsp3) is 0.375. The average molecular weight is 271 g/mol. The van der Waals surface area contributed by atoms with Gasteiger partial charge in [-0.05, 0) is 18.4 Å². The van der Waals surface area contributed by atoms with Crippen molar-refractivity contribution in [3.05, 3.63) is 48.2 Å². The number of hydrogen-bond donors (Lipinski definition) is 1. The van der Waals surface area contributed by atoms with Crippen molar-refractivity contribution in [3.8, 4) is 0 Å². The first-order valence-corrected chi connectivity index (χ1v) is 7.11. The van der Waals surface area contributed by atoms with Crippen molar-refractivity contribution in [3.63, 3.8) is 0 Å². The Morgan fingerprint density at radius 3 is 2.55 bits per heavy atom. The van der Waals surface area contributed by atoms with Crippen LogP contribution < -0.4 is 5.32 Å². The Bertz CT molecular complexity index is 544. The number of carbonyl (C=O) groups excluding carboxylic acids is 1. The molecule has 0 unspecified atom stereocenters. The Morgan fingerprint density at radius 1 is 1.20 bits per heavy atom. The zero-order valence-corrected chi connectivity index (χ0v) is 12.0. The number of hydrogen-bond acceptors (Lipinski definition) is 2. The van der Waals surface area contributed by atoms with Crippen LogP contribution in [-0.2, 0) is 11.3 Å². The molecule has 0 fully saturated rings. The highest BCUT2D eigenvalue weighted by atomic mass is 16.1. The molecule has 2 aromatic rings. The third-order valence-electron chi connectivity index (χ3n) is 3.44. The highest BCUT2D eigenvalue weighted by Crippen LogP contribution is 2.12. The molecule has 1 aromatic heterocycles. The maximum atomic E-state index is 12.0. The van der Waals surface area contributed by atoms with E-state index in [4.69, 9.17) is 0 Å². The Balaban J connectivity index is 1.97. The van der Waals surface area contributed by atoms with Crippen molar-refractivity contribution in [1.29, 1.82) is 0 Å². The largest absolute Gasteiger partial charge is 0.309 e. The zero-order chi connectivity index (χ0) is 14.4. The SMILES string of the molecule is CCC(CC)C(=O)Nc1ccn(Cc2ccccc2)n1. The molecular formula is C16H21N3O. The first-order valence-electron chi connectivity index (χ1n) is 7.11. The molecule has 0 atom stereocenters. The van der Waals surface area contributed by atoms with Gasteiger partial charge < -0.3 is 5.32 Å². The maximum Gasteiger partial charge on any atom is 0.228 e. The van der Waals surface area contributed by atoms with Crippen LogP contribution in [0.5, 0.6) is 0 Å². The van der Waals surface area contributed by atoms with Crippen LogP contribution in [0, 0.1) is 5.92 Å². The minimum absolute atomic E-state index is 0.0555. The molecule has 1 amide bonds. The standard InChI is InChI=1S/C16H21N3O/c1-3-14(4-2)16(20)17-15-10-11-19(18-15)12-13-8-6-5-7-9-13/h5-11,14H,3-4,12H2,1-2H3,(H,17,18,20). The zero-order valence-electron chi connectivity index (χ0n) is 12.0. The van der Waals surface area contributed by atoms with E-state index < -0.39 is 0 Å². The molecule has 4 nitrogen and oxygen atoms in total. The van der Waals surface area contributed by atoms with Crippen LogP contribution in [-0.4, -0.2) is 15.7 Å². The van der Waals surface area contributed by atoms with Gasteiger partial charge in [0.1, 0.15) is 0 Å². The van der Waals surface area contributed by atoms with E-state index in [0.717, 1.165) is 12.8 Å². The molecule has 1 heterocycles. The Morgan fingerprint density at radius 2 is 1.90 bits per heavy atom. The van der Waals surface area contributed by atoms with Gasteiger partial charge in [-0.15, -0.1) is 0 Å². The van der Waals surface area contributed by atoms with Crippen LogP contribution in [0.1, 0.15) is 32.3 Å². The maximum absolute atomic E-state index is 12.0. The highest BCUT2D eigenvalue weighted by Gasteiger charge is 2.14. The van der Waals surface area contributed by atoms with Gasteiger partial charge in [0, 0.05) is 18.2 Å². The molecule has 0 aliphatic carbocycles. The molecule has 0 aliphatic rings. The first-order chi connectivity index (χ1) is 9.72. The van der Waals surface area contributed by atoms with Crippen LogP contribution >= 0.6 is 0 Å². The molecule has 1 aromatic carbocycles. The number of nitrogens with zero attached hydrogens (tertiary/aromatic N) is 2. The quantitative estimate of drug-likeness (QED) is 0.876. The van der Waals surface area contributed by atoms with Crippen molar-refractivity contribution in [2.24, 2.45) is 5.92 Å². The molecule has 20 heavy (non-hydrogen) atoms. The number of carbonyl (C=O) groups is 1. The minimum atomic E-state index is 0.0555. The number of benzene rings is 1. The van der Waals surface area contributed by atoms with Gasteiger partial charge in [-0.2, -0.15) is 5.10 Å². The summed E-state index contributed by atoms with van der Waals surface area (Å²) in [4.78, 5) is 12.0. The lowest BCUT2D eigenvalue weighted by Gasteiger charge is -2.10. The Labute approximate surface area is 119 Å². The van der Waals surface area contributed by atoms with Gasteiger partial charge in [-0.1, -0.05) is 44.2 Å². The van der Waals surface area contributed by atoms with Gasteiger partial charge in [-0.3, -0.25) is 9.48 Å². The van der Waals surface area contributed by atoms with E-state index >= 15 is 0 Å². The molecule has 0 saturated heterocycles. The summed E-state index contributed by atoms with van der Waals surface area (Å²) >= 11 is 0. The van der Waals surface area contributed by atoms with Gasteiger partial charge in [0.05, 0.1) is 6.54 Å². The third-order valence-corrected chi connectivity index (χ3v) is 3.44. The Kier molecular flexibility index (Phi) is 4.93. The molecular weight excluding hydrogens is 250 g/mol. The normalized spacial score (nSPS) is 10.8. The lowest BCUT2D eigenvalue weighted by Crippen LogP contribution is -2.22. The summed E-state index contributed by atoms with van der Waals surface area (Å²) in [5.41, 5.74) is 1.19. The number of anilines is 1. The van der Waals surface area contributed by atoms with Crippen molar-refractivity contribution < 1.29 is 4.79 Å². The first kappa shape index (κ1) is 14.3. The van der Waals surface area contributed by atoms with Crippen molar-refractivity contribution in [1.82, 2.24) is 9.78 Å². The number of nitrogens with one attached hydrogen (secondary N) is 1. The molecule has 4 heteroatoms. The number of rotatable bonds is 6. The van der Waals surface area contributed by atoms with Crippen LogP contribution in [0.25, 0.3) is 0 Å². The molecule has 106 valence electrons. The van der Waals surface area contributed by atoms with Gasteiger partial charge in [0.2, 0.25) is 5.91 Å². The molecule has 0 aliphatic heterocycles. The molecule has 0 saturated carbocycles. The molecule has 0 radical (unpaired) electrons. The van der Waals surface area contributed by atoms with Crippen LogP contribution in [0.4, 0.5) is 5.82 Å². The summed E-state index contributed by atoms with van der Waals surface area (Å²) in [5, 5.41) is 7.26. The summed E-state index contributed by atoms with van der Waals surface area (Å²) in [7, 11) is 0. The summed E-state index contributed by atoms with van der Waals surface area (Å²) in [6.45, 7) is 4.77. The van der Waals surface area contributed by atoms with Crippen molar-refractivity contribution >= 4 is 11.7 Å². The van der Waals surface area contributed by atoms with E-state index in [1.807, 2.05) is 49.0 Å². The van der Waals surface area contributed by atoms with E-state index in [2.05, 4.69) is 22.5 Å². The van der Waals surface area contributed by atoms with E-state index in [0.29, 0.717) is 12.4 Å². The molecule has 2 rings (SSSR count). The molecule has 1 N–H and O–H groups in total. The van der Waals surface area contributed by atoms with E-state index in [-0.39, 0.29) is 11.8 Å². The summed E-state index contributed by atoms with van der Waals surface area (Å²) in [6.07, 6.45) is 3.59. The molecule has 0 spiro atoms. The lowest BCUT2D eigenvalue weighted by atomic mass is 10.0. The van der Waals surface area contributed by atoms with Crippen LogP contribution in [0.15, 0.2) is 42.6 Å². The topological polar surface area (TPSA) is 46.9 Å². The lowest BCUT2D eigenvalue weighted by molar-refractivity contribution is -0.120. The smallest absolute Gasteiger partial charge is 0.228 e. The van der Waals surface area contributed by atoms with E-state index in [1.165, 1.54) is 5.56 Å². The predicted octanol–water partition coefficient (Wildman–Crippen LogP) is 3.31. The predicted molar refractivity (Wildman–Crippen MR) is 80.5 cm³/mol. The second-order valence-electron chi connectivity index (χ2n) is 4.89. The van der Waals surface area contributed by atoms with Gasteiger partial charge in [0.25, 0.3) is 0 Å². The summed E-state index contributed by atoms with van der Waals surface area (Å²) in [5.74, 6) is 0.743. The van der Waals surface area contributed by atoms with Crippen molar-refractivity contribution in [2.45, 2.75) is 33.2 Å². The second-order valence-corrected chi connectivity index (χ2v) is 4.89. The number of amides is 1. The average Bonchev–Trinajstić information content (AvgIpc) is 2.88. The number of aromatic nitrogens is 2. The Hall–Kier alpha value is -2.10. The third kappa shape index (κ3) is 3.70. The van der Waals surface area contributed by atoms with Gasteiger partial charge in [-0.25, -0.2) is 0 Å². The van der Waals surface area contributed by atoms with Crippen LogP contribution in [0.3, 0.4) is 0 Å². The summed E-state index contributed by atoms with van der Waals surface area (Å²) in [6, 6.07) is 12.0. The van der Waals surface area contributed by atoms with Gasteiger partial charge in [0.15, 0.2) is 5.82 Å². The summed E-state index contributed by atoms with van der Waals surface area (Å²) < 4.78 is 1.83. The van der Waals surface area contributed by atoms with Gasteiger partial charge >= 0.3 is 0 Å². The molecule has 0 bridgehead atoms. The second kappa shape index (κ2) is 6.89. The van der Waals surface area contributed by atoms with Crippen molar-refractivity contribution in [2.75, 3.05) is 5.32 Å². The van der Waals surface area contributed by atoms with E-state index in [1.54, 1.807) is 0 Å².